The highest BCUT2D eigenvalue weighted by Crippen LogP contribution is 2.52. The Bertz CT molecular complexity index is 1260. The lowest BCUT2D eigenvalue weighted by molar-refractivity contribution is 0.0184. The average molecular weight is 485 g/mol. The first-order chi connectivity index (χ1) is 14.2. The second-order valence-corrected chi connectivity index (χ2v) is 10.7. The highest BCUT2D eigenvalue weighted by Gasteiger charge is 2.57. The van der Waals surface area contributed by atoms with Crippen LogP contribution in [0.3, 0.4) is 0 Å². The first-order valence-electron chi connectivity index (χ1n) is 9.68. The fourth-order valence-corrected chi connectivity index (χ4v) is 6.83. The molecule has 0 fully saturated rings. The number of hydrogen-bond donors (Lipinski definition) is 1. The van der Waals surface area contributed by atoms with E-state index in [4.69, 9.17) is 0 Å². The van der Waals surface area contributed by atoms with Gasteiger partial charge in [0.1, 0.15) is 5.60 Å². The lowest BCUT2D eigenvalue weighted by Gasteiger charge is -2.46. The molecule has 0 spiro atoms. The molecule has 0 bridgehead atoms. The summed E-state index contributed by atoms with van der Waals surface area (Å²) in [5.41, 5.74) is 2.57. The molecule has 0 amide bonds. The van der Waals surface area contributed by atoms with Crippen molar-refractivity contribution in [2.24, 2.45) is 0 Å². The molecule has 5 nitrogen and oxygen atoms in total. The van der Waals surface area contributed by atoms with E-state index in [1.165, 1.54) is 4.31 Å². The van der Waals surface area contributed by atoms with Crippen molar-refractivity contribution < 1.29 is 13.5 Å². The predicted octanol–water partition coefficient (Wildman–Crippen LogP) is 4.17. The van der Waals surface area contributed by atoms with Crippen LogP contribution in [-0.2, 0) is 22.0 Å². The maximum atomic E-state index is 13.9. The van der Waals surface area contributed by atoms with Crippen LogP contribution in [0.1, 0.15) is 16.7 Å². The second kappa shape index (κ2) is 6.57. The normalized spacial score (nSPS) is 22.5. The monoisotopic (exact) mass is 484 g/mol. The highest BCUT2D eigenvalue weighted by molar-refractivity contribution is 9.10. The van der Waals surface area contributed by atoms with Gasteiger partial charge in [0.15, 0.2) is 6.17 Å². The number of likely N-dealkylation sites (N-methyl/N-ethyl adjacent to an activating group) is 1. The summed E-state index contributed by atoms with van der Waals surface area (Å²) in [6.07, 6.45) is -0.455. The van der Waals surface area contributed by atoms with Crippen LogP contribution < -0.4 is 9.21 Å². The van der Waals surface area contributed by atoms with Gasteiger partial charge in [-0.3, -0.25) is 0 Å². The zero-order chi connectivity index (χ0) is 21.3. The van der Waals surface area contributed by atoms with E-state index in [1.807, 2.05) is 61.3 Å². The first kappa shape index (κ1) is 19.6. The van der Waals surface area contributed by atoms with Crippen LogP contribution in [0.2, 0.25) is 0 Å². The number of halogens is 1. The molecule has 0 aromatic heterocycles. The minimum atomic E-state index is -3.93. The average Bonchev–Trinajstić information content (AvgIpc) is 2.93. The largest absolute Gasteiger partial charge is 0.381 e. The van der Waals surface area contributed by atoms with Gasteiger partial charge in [-0.2, -0.15) is 0 Å². The van der Waals surface area contributed by atoms with Gasteiger partial charge < -0.3 is 10.0 Å². The molecule has 5 rings (SSSR count). The van der Waals surface area contributed by atoms with Gasteiger partial charge in [0.2, 0.25) is 0 Å². The van der Waals surface area contributed by atoms with Crippen molar-refractivity contribution in [2.75, 3.05) is 16.3 Å². The molecule has 154 valence electrons. The molecule has 2 aliphatic heterocycles. The Morgan fingerprint density at radius 2 is 1.73 bits per heavy atom. The number of anilines is 2. The number of aryl methyl sites for hydroxylation is 1. The topological polar surface area (TPSA) is 60.9 Å². The Kier molecular flexibility index (Phi) is 4.29. The molecule has 0 saturated carbocycles. The third-order valence-electron chi connectivity index (χ3n) is 6.08. The van der Waals surface area contributed by atoms with Gasteiger partial charge in [0.05, 0.1) is 10.6 Å². The van der Waals surface area contributed by atoms with Crippen LogP contribution in [0.4, 0.5) is 11.4 Å². The first-order valence-corrected chi connectivity index (χ1v) is 11.9. The van der Waals surface area contributed by atoms with Gasteiger partial charge in [-0.25, -0.2) is 12.7 Å². The number of hydrogen-bond acceptors (Lipinski definition) is 4. The number of para-hydroxylation sites is 1. The van der Waals surface area contributed by atoms with E-state index in [9.17, 15) is 13.5 Å². The summed E-state index contributed by atoms with van der Waals surface area (Å²) in [4.78, 5) is 2.07. The maximum absolute atomic E-state index is 13.9. The Labute approximate surface area is 184 Å². The Morgan fingerprint density at radius 1 is 1.03 bits per heavy atom. The summed E-state index contributed by atoms with van der Waals surface area (Å²) in [5.74, 6) is 0. The van der Waals surface area contributed by atoms with Crippen molar-refractivity contribution >= 4 is 37.3 Å². The SMILES string of the molecule is Cc1ccc(S(=O)(=O)N2c3ccc(Br)cc3C[C@@]3(O)c4ccccc4N(C)[C@@H]23)cc1. The number of nitrogens with zero attached hydrogens (tertiary/aromatic N) is 2. The third-order valence-corrected chi connectivity index (χ3v) is 8.36. The molecular formula is C23H21BrN2O3S. The summed E-state index contributed by atoms with van der Waals surface area (Å²) in [7, 11) is -2.10. The molecule has 0 unspecified atom stereocenters. The molecule has 3 aromatic rings. The van der Waals surface area contributed by atoms with Crippen LogP contribution in [0.5, 0.6) is 0 Å². The summed E-state index contributed by atoms with van der Waals surface area (Å²) in [6.45, 7) is 1.92. The molecule has 2 atom stereocenters. The zero-order valence-corrected chi connectivity index (χ0v) is 19.0. The molecule has 0 saturated heterocycles. The quantitative estimate of drug-likeness (QED) is 0.592. The van der Waals surface area contributed by atoms with Crippen LogP contribution in [-0.4, -0.2) is 26.7 Å². The standard InChI is InChI=1S/C23H21BrN2O3S/c1-15-7-10-18(11-8-15)30(28,29)26-20-12-9-17(24)13-16(20)14-23(27)19-5-3-4-6-21(19)25(2)22(23)26/h3-13,22,27H,14H2,1-2H3/t22-,23+/m0/s1. The van der Waals surface area contributed by atoms with Gasteiger partial charge in [0, 0.05) is 29.2 Å². The summed E-state index contributed by atoms with van der Waals surface area (Å²) in [6, 6.07) is 19.9. The molecule has 0 radical (unpaired) electrons. The van der Waals surface area contributed by atoms with E-state index < -0.39 is 21.8 Å². The Balaban J connectivity index is 1.78. The van der Waals surface area contributed by atoms with Gasteiger partial charge in [-0.05, 0) is 48.9 Å². The third kappa shape index (κ3) is 2.65. The van der Waals surface area contributed by atoms with E-state index >= 15 is 0 Å². The van der Waals surface area contributed by atoms with E-state index in [0.717, 1.165) is 26.9 Å². The number of fused-ring (bicyclic) bond motifs is 4. The molecule has 0 aliphatic carbocycles. The van der Waals surface area contributed by atoms with Crippen molar-refractivity contribution in [3.05, 3.63) is 87.9 Å². The van der Waals surface area contributed by atoms with E-state index in [1.54, 1.807) is 24.3 Å². The van der Waals surface area contributed by atoms with Crippen LogP contribution in [0.25, 0.3) is 0 Å². The Hall–Kier alpha value is -2.35. The van der Waals surface area contributed by atoms with Gasteiger partial charge >= 0.3 is 0 Å². The van der Waals surface area contributed by atoms with Crippen LogP contribution in [0, 0.1) is 6.92 Å². The van der Waals surface area contributed by atoms with Crippen molar-refractivity contribution in [1.29, 1.82) is 0 Å². The van der Waals surface area contributed by atoms with Crippen molar-refractivity contribution in [3.8, 4) is 0 Å². The van der Waals surface area contributed by atoms with Crippen LogP contribution in [0.15, 0.2) is 76.1 Å². The number of benzene rings is 3. The fourth-order valence-electron chi connectivity index (χ4n) is 4.69. The van der Waals surface area contributed by atoms with Gasteiger partial charge in [0.25, 0.3) is 10.0 Å². The molecule has 3 aromatic carbocycles. The summed E-state index contributed by atoms with van der Waals surface area (Å²) >= 11 is 3.49. The molecule has 2 aliphatic rings. The van der Waals surface area contributed by atoms with E-state index in [-0.39, 0.29) is 4.90 Å². The molecule has 1 N–H and O–H groups in total. The molecule has 30 heavy (non-hydrogen) atoms. The number of sulfonamides is 1. The highest BCUT2D eigenvalue weighted by atomic mass is 79.9. The molecule has 7 heteroatoms. The lowest BCUT2D eigenvalue weighted by Crippen LogP contribution is -2.60. The summed E-state index contributed by atoms with van der Waals surface area (Å²) < 4.78 is 30.0. The number of aliphatic hydroxyl groups is 1. The molecular weight excluding hydrogens is 464 g/mol. The number of rotatable bonds is 2. The van der Waals surface area contributed by atoms with E-state index in [2.05, 4.69) is 15.9 Å². The fraction of sp³-hybridized carbons (Fsp3) is 0.217. The minimum Gasteiger partial charge on any atom is -0.381 e. The van der Waals surface area contributed by atoms with Crippen molar-refractivity contribution in [2.45, 2.75) is 30.0 Å². The van der Waals surface area contributed by atoms with Crippen molar-refractivity contribution in [3.63, 3.8) is 0 Å². The van der Waals surface area contributed by atoms with Gasteiger partial charge in [-0.1, -0.05) is 51.8 Å². The smallest absolute Gasteiger partial charge is 0.266 e. The zero-order valence-electron chi connectivity index (χ0n) is 16.6. The maximum Gasteiger partial charge on any atom is 0.266 e. The van der Waals surface area contributed by atoms with E-state index in [0.29, 0.717) is 12.1 Å². The lowest BCUT2D eigenvalue weighted by atomic mass is 9.83. The van der Waals surface area contributed by atoms with Crippen molar-refractivity contribution in [1.82, 2.24) is 0 Å². The molecule has 2 heterocycles. The second-order valence-electron chi connectivity index (χ2n) is 7.99. The summed E-state index contributed by atoms with van der Waals surface area (Å²) in [5, 5.41) is 11.9. The minimum absolute atomic E-state index is 0.204. The van der Waals surface area contributed by atoms with Crippen LogP contribution >= 0.6 is 15.9 Å². The van der Waals surface area contributed by atoms with Gasteiger partial charge in [-0.15, -0.1) is 0 Å². The Morgan fingerprint density at radius 3 is 2.47 bits per heavy atom. The predicted molar refractivity (Wildman–Crippen MR) is 121 cm³/mol.